The molecule has 0 amide bonds. The van der Waals surface area contributed by atoms with Gasteiger partial charge < -0.3 is 4.74 Å². The molecule has 1 aliphatic heterocycles. The van der Waals surface area contributed by atoms with Crippen LogP contribution in [-0.2, 0) is 4.74 Å². The molecule has 1 aliphatic carbocycles. The third-order valence-electron chi connectivity index (χ3n) is 4.04. The summed E-state index contributed by atoms with van der Waals surface area (Å²) >= 11 is 5.98. The Hall–Kier alpha value is -1.12. The summed E-state index contributed by atoms with van der Waals surface area (Å²) in [6.07, 6.45) is 1.64. The molecular weight excluding hydrogens is 260 g/mol. The van der Waals surface area contributed by atoms with E-state index in [1.807, 2.05) is 12.1 Å². The van der Waals surface area contributed by atoms with Crippen LogP contribution < -0.4 is 0 Å². The molecule has 0 saturated heterocycles. The highest BCUT2D eigenvalue weighted by atomic mass is 35.5. The molecule has 0 spiro atoms. The summed E-state index contributed by atoms with van der Waals surface area (Å²) in [5.41, 5.74) is 4.21. The van der Waals surface area contributed by atoms with E-state index in [-0.39, 0.29) is 11.9 Å². The van der Waals surface area contributed by atoms with Gasteiger partial charge in [0.15, 0.2) is 5.78 Å². The highest BCUT2D eigenvalue weighted by Gasteiger charge is 2.31. The van der Waals surface area contributed by atoms with Crippen LogP contribution in [0.15, 0.2) is 23.8 Å². The van der Waals surface area contributed by atoms with E-state index in [2.05, 4.69) is 13.8 Å². The number of halogens is 1. The Balaban J connectivity index is 2.03. The van der Waals surface area contributed by atoms with Crippen LogP contribution in [0.5, 0.6) is 0 Å². The zero-order valence-electron chi connectivity index (χ0n) is 11.2. The fourth-order valence-electron chi connectivity index (χ4n) is 2.89. The van der Waals surface area contributed by atoms with Gasteiger partial charge in [0, 0.05) is 17.0 Å². The van der Waals surface area contributed by atoms with Crippen LogP contribution in [-0.4, -0.2) is 18.5 Å². The van der Waals surface area contributed by atoms with Gasteiger partial charge >= 0.3 is 0 Å². The average molecular weight is 277 g/mol. The summed E-state index contributed by atoms with van der Waals surface area (Å²) in [6, 6.07) is 5.57. The molecule has 3 rings (SSSR count). The van der Waals surface area contributed by atoms with Crippen molar-refractivity contribution in [1.29, 1.82) is 0 Å². The Bertz CT molecular complexity index is 572. The van der Waals surface area contributed by atoms with Crippen molar-refractivity contribution in [2.75, 3.05) is 6.61 Å². The normalized spacial score (nSPS) is 22.5. The first-order valence-electron chi connectivity index (χ1n) is 6.72. The molecule has 0 fully saturated rings. The molecule has 1 heterocycles. The second kappa shape index (κ2) is 4.77. The van der Waals surface area contributed by atoms with E-state index in [4.69, 9.17) is 16.3 Å². The fourth-order valence-corrected chi connectivity index (χ4v) is 3.06. The molecule has 0 N–H and O–H groups in total. The molecule has 0 saturated carbocycles. The topological polar surface area (TPSA) is 26.3 Å². The molecule has 2 nitrogen and oxygen atoms in total. The van der Waals surface area contributed by atoms with Gasteiger partial charge in [-0.15, -0.1) is 0 Å². The zero-order chi connectivity index (χ0) is 13.6. The van der Waals surface area contributed by atoms with Gasteiger partial charge in [-0.1, -0.05) is 37.1 Å². The molecule has 0 radical (unpaired) electrons. The van der Waals surface area contributed by atoms with E-state index in [1.54, 1.807) is 6.07 Å². The van der Waals surface area contributed by atoms with Crippen LogP contribution in [0.4, 0.5) is 0 Å². The number of carbonyl (C=O) groups is 1. The number of ether oxygens (including phenoxy) is 1. The molecule has 19 heavy (non-hydrogen) atoms. The van der Waals surface area contributed by atoms with Crippen molar-refractivity contribution in [2.24, 2.45) is 5.92 Å². The van der Waals surface area contributed by atoms with Gasteiger partial charge in [-0.25, -0.2) is 0 Å². The van der Waals surface area contributed by atoms with Crippen molar-refractivity contribution in [3.8, 4) is 0 Å². The predicted molar refractivity (Wildman–Crippen MR) is 76.5 cm³/mol. The van der Waals surface area contributed by atoms with Gasteiger partial charge in [0.05, 0.1) is 12.7 Å². The van der Waals surface area contributed by atoms with Gasteiger partial charge in [0.1, 0.15) is 0 Å². The van der Waals surface area contributed by atoms with E-state index < -0.39 is 0 Å². The van der Waals surface area contributed by atoms with Crippen LogP contribution >= 0.6 is 11.6 Å². The number of hydrogen-bond donors (Lipinski definition) is 0. The summed E-state index contributed by atoms with van der Waals surface area (Å²) < 4.78 is 5.93. The number of fused-ring (bicyclic) bond motifs is 2. The standard InChI is InChI=1S/C16H17ClO2/c1-9(2)16-6-10-5-15(18)13-7-11(17)3-4-12(13)14(10)8-19-16/h3-4,7,9,16H,5-6,8H2,1-2H3. The SMILES string of the molecule is CC(C)C1CC2=C(CO1)c1ccc(Cl)cc1C(=O)C2. The minimum Gasteiger partial charge on any atom is -0.373 e. The lowest BCUT2D eigenvalue weighted by molar-refractivity contribution is 0.0350. The third kappa shape index (κ3) is 2.24. The Morgan fingerprint density at radius 2 is 2.11 bits per heavy atom. The van der Waals surface area contributed by atoms with Gasteiger partial charge in [-0.2, -0.15) is 0 Å². The summed E-state index contributed by atoms with van der Waals surface area (Å²) in [5.74, 6) is 0.663. The van der Waals surface area contributed by atoms with E-state index in [0.29, 0.717) is 24.0 Å². The lowest BCUT2D eigenvalue weighted by atomic mass is 9.80. The van der Waals surface area contributed by atoms with Crippen molar-refractivity contribution < 1.29 is 9.53 Å². The number of benzene rings is 1. The van der Waals surface area contributed by atoms with Gasteiger partial charge in [0.2, 0.25) is 0 Å². The number of hydrogen-bond acceptors (Lipinski definition) is 2. The molecule has 100 valence electrons. The maximum atomic E-state index is 12.2. The Morgan fingerprint density at radius 1 is 1.32 bits per heavy atom. The largest absolute Gasteiger partial charge is 0.373 e. The summed E-state index contributed by atoms with van der Waals surface area (Å²) in [5, 5.41) is 0.618. The number of ketones is 1. The predicted octanol–water partition coefficient (Wildman–Crippen LogP) is 4.12. The van der Waals surface area contributed by atoms with Crippen molar-refractivity contribution >= 4 is 23.0 Å². The van der Waals surface area contributed by atoms with Crippen molar-refractivity contribution in [3.63, 3.8) is 0 Å². The van der Waals surface area contributed by atoms with E-state index in [1.165, 1.54) is 11.1 Å². The van der Waals surface area contributed by atoms with Crippen molar-refractivity contribution in [3.05, 3.63) is 39.9 Å². The minimum absolute atomic E-state index is 0.181. The van der Waals surface area contributed by atoms with Gasteiger partial charge in [0.25, 0.3) is 0 Å². The molecule has 1 aromatic rings. The Kier molecular flexibility index (Phi) is 3.23. The fraction of sp³-hybridized carbons (Fsp3) is 0.438. The first-order valence-corrected chi connectivity index (χ1v) is 7.09. The average Bonchev–Trinajstić information content (AvgIpc) is 2.38. The molecular formula is C16H17ClO2. The van der Waals surface area contributed by atoms with Crippen LogP contribution in [0.3, 0.4) is 0 Å². The Labute approximate surface area is 118 Å². The van der Waals surface area contributed by atoms with Crippen LogP contribution in [0.2, 0.25) is 5.02 Å². The lowest BCUT2D eigenvalue weighted by Crippen LogP contribution is -2.29. The molecule has 1 aromatic carbocycles. The molecule has 3 heteroatoms. The van der Waals surface area contributed by atoms with E-state index in [9.17, 15) is 4.79 Å². The molecule has 1 unspecified atom stereocenters. The maximum Gasteiger partial charge on any atom is 0.167 e. The highest BCUT2D eigenvalue weighted by molar-refractivity contribution is 6.31. The summed E-state index contributed by atoms with van der Waals surface area (Å²) in [6.45, 7) is 4.93. The van der Waals surface area contributed by atoms with Crippen LogP contribution in [0.25, 0.3) is 5.57 Å². The molecule has 0 bridgehead atoms. The number of Topliss-reactive ketones (excluding diaryl/α,β-unsaturated/α-hetero) is 1. The van der Waals surface area contributed by atoms with Crippen LogP contribution in [0.1, 0.15) is 42.6 Å². The maximum absolute atomic E-state index is 12.2. The lowest BCUT2D eigenvalue weighted by Gasteiger charge is -2.33. The quantitative estimate of drug-likeness (QED) is 0.771. The van der Waals surface area contributed by atoms with Gasteiger partial charge in [-0.05, 0) is 35.6 Å². The first-order chi connectivity index (χ1) is 9.06. The van der Waals surface area contributed by atoms with E-state index in [0.717, 1.165) is 17.5 Å². The Morgan fingerprint density at radius 3 is 2.84 bits per heavy atom. The number of carbonyl (C=O) groups excluding carboxylic acids is 1. The summed E-state index contributed by atoms with van der Waals surface area (Å²) in [4.78, 5) is 12.2. The van der Waals surface area contributed by atoms with Crippen molar-refractivity contribution in [1.82, 2.24) is 0 Å². The van der Waals surface area contributed by atoms with E-state index >= 15 is 0 Å². The second-order valence-corrected chi connectivity index (χ2v) is 6.11. The zero-order valence-corrected chi connectivity index (χ0v) is 12.0. The van der Waals surface area contributed by atoms with Crippen molar-refractivity contribution in [2.45, 2.75) is 32.8 Å². The molecule has 0 aromatic heterocycles. The third-order valence-corrected chi connectivity index (χ3v) is 4.28. The molecule has 1 atom stereocenters. The highest BCUT2D eigenvalue weighted by Crippen LogP contribution is 2.39. The first kappa shape index (κ1) is 12.9. The molecule has 2 aliphatic rings. The minimum atomic E-state index is 0.181. The smallest absolute Gasteiger partial charge is 0.167 e. The summed E-state index contributed by atoms with van der Waals surface area (Å²) in [7, 11) is 0. The second-order valence-electron chi connectivity index (χ2n) is 5.67. The van der Waals surface area contributed by atoms with Gasteiger partial charge in [-0.3, -0.25) is 4.79 Å². The number of rotatable bonds is 1. The monoisotopic (exact) mass is 276 g/mol. The van der Waals surface area contributed by atoms with Crippen LogP contribution in [0, 0.1) is 5.92 Å².